The second-order valence-corrected chi connectivity index (χ2v) is 5.46. The second-order valence-electron chi connectivity index (χ2n) is 5.46. The highest BCUT2D eigenvalue weighted by atomic mass is 16.5. The number of ether oxygens (including phenoxy) is 1. The number of methoxy groups -OCH3 is 1. The van der Waals surface area contributed by atoms with Crippen molar-refractivity contribution in [3.63, 3.8) is 0 Å². The van der Waals surface area contributed by atoms with Crippen LogP contribution in [0.25, 0.3) is 10.4 Å². The molecule has 0 amide bonds. The zero-order chi connectivity index (χ0) is 16.7. The van der Waals surface area contributed by atoms with Gasteiger partial charge in [0, 0.05) is 22.9 Å². The highest BCUT2D eigenvalue weighted by molar-refractivity contribution is 5.36. The first-order chi connectivity index (χ1) is 11.2. The van der Waals surface area contributed by atoms with Crippen molar-refractivity contribution in [1.29, 1.82) is 0 Å². The Balaban J connectivity index is 2.35. The second kappa shape index (κ2) is 8.22. The van der Waals surface area contributed by atoms with Gasteiger partial charge in [0.1, 0.15) is 5.75 Å². The van der Waals surface area contributed by atoms with Crippen molar-refractivity contribution >= 4 is 0 Å². The molecule has 2 aromatic carbocycles. The number of azide groups is 1. The van der Waals surface area contributed by atoms with Crippen molar-refractivity contribution in [3.05, 3.63) is 76.2 Å². The molecule has 5 nitrogen and oxygen atoms in total. The van der Waals surface area contributed by atoms with Gasteiger partial charge < -0.3 is 9.84 Å². The SMILES string of the molecule is COc1ccccc1[C@H](O)[C@@H](CN=[N+]=[N-])[C@H](C)c1ccccc1. The Morgan fingerprint density at radius 1 is 1.13 bits per heavy atom. The lowest BCUT2D eigenvalue weighted by Crippen LogP contribution is -2.22. The molecule has 0 fully saturated rings. The van der Waals surface area contributed by atoms with Crippen LogP contribution < -0.4 is 4.74 Å². The summed E-state index contributed by atoms with van der Waals surface area (Å²) in [5, 5.41) is 14.6. The Hall–Kier alpha value is -2.49. The molecular weight excluding hydrogens is 290 g/mol. The molecule has 5 heteroatoms. The number of hydrogen-bond donors (Lipinski definition) is 1. The summed E-state index contributed by atoms with van der Waals surface area (Å²) < 4.78 is 5.34. The first-order valence-electron chi connectivity index (χ1n) is 7.55. The Kier molecular flexibility index (Phi) is 6.03. The molecule has 3 atom stereocenters. The fraction of sp³-hybridized carbons (Fsp3) is 0.333. The molecule has 0 unspecified atom stereocenters. The summed E-state index contributed by atoms with van der Waals surface area (Å²) in [6.45, 7) is 2.25. The smallest absolute Gasteiger partial charge is 0.124 e. The third-order valence-corrected chi connectivity index (χ3v) is 4.19. The van der Waals surface area contributed by atoms with Crippen LogP contribution in [0.15, 0.2) is 59.7 Å². The van der Waals surface area contributed by atoms with E-state index < -0.39 is 6.10 Å². The van der Waals surface area contributed by atoms with Gasteiger partial charge in [-0.15, -0.1) is 0 Å². The quantitative estimate of drug-likeness (QED) is 0.465. The minimum atomic E-state index is -0.785. The van der Waals surface area contributed by atoms with Crippen molar-refractivity contribution in [1.82, 2.24) is 0 Å². The van der Waals surface area contributed by atoms with Crippen molar-refractivity contribution in [3.8, 4) is 5.75 Å². The number of aliphatic hydroxyl groups excluding tert-OH is 1. The van der Waals surface area contributed by atoms with Crippen molar-refractivity contribution in [2.24, 2.45) is 11.0 Å². The summed E-state index contributed by atoms with van der Waals surface area (Å²) in [7, 11) is 1.58. The summed E-state index contributed by atoms with van der Waals surface area (Å²) in [5.74, 6) is 0.414. The Labute approximate surface area is 136 Å². The third-order valence-electron chi connectivity index (χ3n) is 4.19. The van der Waals surface area contributed by atoms with E-state index in [1.807, 2.05) is 61.5 Å². The van der Waals surface area contributed by atoms with Crippen LogP contribution in [0.5, 0.6) is 5.75 Å². The summed E-state index contributed by atoms with van der Waals surface area (Å²) in [6, 6.07) is 17.3. The molecule has 0 aromatic heterocycles. The van der Waals surface area contributed by atoms with Gasteiger partial charge in [-0.3, -0.25) is 0 Å². The van der Waals surface area contributed by atoms with Crippen LogP contribution in [0.2, 0.25) is 0 Å². The van der Waals surface area contributed by atoms with Crippen LogP contribution >= 0.6 is 0 Å². The molecule has 0 aliphatic carbocycles. The highest BCUT2D eigenvalue weighted by Gasteiger charge is 2.28. The molecule has 2 aromatic rings. The number of benzene rings is 2. The summed E-state index contributed by atoms with van der Waals surface area (Å²) >= 11 is 0. The van der Waals surface area contributed by atoms with Gasteiger partial charge in [-0.05, 0) is 23.1 Å². The molecule has 2 rings (SSSR count). The molecule has 0 aliphatic heterocycles. The zero-order valence-electron chi connectivity index (χ0n) is 13.3. The molecule has 0 saturated heterocycles. The van der Waals surface area contributed by atoms with Crippen LogP contribution in [0.3, 0.4) is 0 Å². The molecule has 23 heavy (non-hydrogen) atoms. The van der Waals surface area contributed by atoms with Crippen LogP contribution in [0.1, 0.15) is 30.1 Å². The average molecular weight is 311 g/mol. The maximum atomic E-state index is 10.9. The van der Waals surface area contributed by atoms with E-state index in [1.165, 1.54) is 0 Å². The van der Waals surface area contributed by atoms with Gasteiger partial charge in [0.2, 0.25) is 0 Å². The minimum absolute atomic E-state index is 0.0293. The van der Waals surface area contributed by atoms with Crippen molar-refractivity contribution < 1.29 is 9.84 Å². The molecule has 120 valence electrons. The number of aliphatic hydroxyl groups is 1. The van der Waals surface area contributed by atoms with Gasteiger partial charge >= 0.3 is 0 Å². The van der Waals surface area contributed by atoms with Gasteiger partial charge in [-0.2, -0.15) is 0 Å². The number of para-hydroxylation sites is 1. The van der Waals surface area contributed by atoms with E-state index in [2.05, 4.69) is 10.0 Å². The number of nitrogens with zero attached hydrogens (tertiary/aromatic N) is 3. The largest absolute Gasteiger partial charge is 0.496 e. The first kappa shape index (κ1) is 16.9. The molecule has 0 radical (unpaired) electrons. The van der Waals surface area contributed by atoms with Crippen LogP contribution in [-0.4, -0.2) is 18.8 Å². The van der Waals surface area contributed by atoms with Crippen LogP contribution in [0.4, 0.5) is 0 Å². The predicted octanol–water partition coefficient (Wildman–Crippen LogP) is 4.46. The molecule has 0 heterocycles. The van der Waals surface area contributed by atoms with E-state index in [1.54, 1.807) is 7.11 Å². The van der Waals surface area contributed by atoms with Gasteiger partial charge in [0.15, 0.2) is 0 Å². The minimum Gasteiger partial charge on any atom is -0.496 e. The Morgan fingerprint density at radius 2 is 1.78 bits per heavy atom. The number of rotatable bonds is 7. The lowest BCUT2D eigenvalue weighted by molar-refractivity contribution is 0.0965. The highest BCUT2D eigenvalue weighted by Crippen LogP contribution is 2.37. The lowest BCUT2D eigenvalue weighted by atomic mass is 9.81. The third kappa shape index (κ3) is 4.03. The summed E-state index contributed by atoms with van der Waals surface area (Å²) in [5.41, 5.74) is 10.5. The monoisotopic (exact) mass is 311 g/mol. The molecular formula is C18H21N3O2. The van der Waals surface area contributed by atoms with E-state index in [0.717, 1.165) is 5.56 Å². The van der Waals surface area contributed by atoms with E-state index in [-0.39, 0.29) is 18.4 Å². The fourth-order valence-corrected chi connectivity index (χ4v) is 2.81. The molecule has 0 spiro atoms. The summed E-state index contributed by atoms with van der Waals surface area (Å²) in [4.78, 5) is 2.85. The van der Waals surface area contributed by atoms with Gasteiger partial charge in [-0.25, -0.2) is 0 Å². The predicted molar refractivity (Wildman–Crippen MR) is 90.3 cm³/mol. The van der Waals surface area contributed by atoms with Crippen LogP contribution in [-0.2, 0) is 0 Å². The number of hydrogen-bond acceptors (Lipinski definition) is 3. The average Bonchev–Trinajstić information content (AvgIpc) is 2.62. The Morgan fingerprint density at radius 3 is 2.43 bits per heavy atom. The molecule has 0 bridgehead atoms. The topological polar surface area (TPSA) is 78.2 Å². The van der Waals surface area contributed by atoms with E-state index in [9.17, 15) is 5.11 Å². The van der Waals surface area contributed by atoms with Gasteiger partial charge in [0.25, 0.3) is 0 Å². The standard InChI is InChI=1S/C18H21N3O2/c1-13(14-8-4-3-5-9-14)16(12-20-21-19)18(22)15-10-6-7-11-17(15)23-2/h3-11,13,16,18,22H,12H2,1-2H3/t13-,16+,18+/m1/s1. The first-order valence-corrected chi connectivity index (χ1v) is 7.55. The van der Waals surface area contributed by atoms with E-state index in [4.69, 9.17) is 10.3 Å². The lowest BCUT2D eigenvalue weighted by Gasteiger charge is -2.29. The van der Waals surface area contributed by atoms with Crippen LogP contribution in [0, 0.1) is 5.92 Å². The molecule has 0 saturated carbocycles. The zero-order valence-corrected chi connectivity index (χ0v) is 13.3. The molecule has 1 N–H and O–H groups in total. The maximum absolute atomic E-state index is 10.9. The normalized spacial score (nSPS) is 14.4. The summed E-state index contributed by atoms with van der Waals surface area (Å²) in [6.07, 6.45) is -0.785. The van der Waals surface area contributed by atoms with Gasteiger partial charge in [-0.1, -0.05) is 60.6 Å². The maximum Gasteiger partial charge on any atom is 0.124 e. The Bertz CT molecular complexity index is 669. The molecule has 0 aliphatic rings. The van der Waals surface area contributed by atoms with E-state index >= 15 is 0 Å². The van der Waals surface area contributed by atoms with E-state index in [0.29, 0.717) is 11.3 Å². The fourth-order valence-electron chi connectivity index (χ4n) is 2.81. The van der Waals surface area contributed by atoms with Crippen molar-refractivity contribution in [2.75, 3.05) is 13.7 Å². The van der Waals surface area contributed by atoms with Crippen molar-refractivity contribution in [2.45, 2.75) is 18.9 Å². The van der Waals surface area contributed by atoms with Gasteiger partial charge in [0.05, 0.1) is 13.2 Å².